The summed E-state index contributed by atoms with van der Waals surface area (Å²) in [6.07, 6.45) is -3.58. The lowest BCUT2D eigenvalue weighted by atomic mass is 10.2. The Balaban J connectivity index is 1.82. The Morgan fingerprint density at radius 3 is 2.59 bits per heavy atom. The third-order valence-corrected chi connectivity index (χ3v) is 3.66. The van der Waals surface area contributed by atoms with Gasteiger partial charge in [-0.1, -0.05) is 18.2 Å². The minimum Gasteiger partial charge on any atom is -0.406 e. The zero-order valence-corrected chi connectivity index (χ0v) is 13.9. The number of aromatic nitrogens is 2. The number of ether oxygens (including phenoxy) is 1. The topological polar surface area (TPSA) is 56.1 Å². The molecule has 1 heterocycles. The van der Waals surface area contributed by atoms with Crippen LogP contribution in [-0.2, 0) is 0 Å². The van der Waals surface area contributed by atoms with Gasteiger partial charge in [0.1, 0.15) is 17.3 Å². The molecule has 1 amide bonds. The highest BCUT2D eigenvalue weighted by molar-refractivity contribution is 6.05. The molecule has 1 aromatic heterocycles. The predicted molar refractivity (Wildman–Crippen MR) is 89.3 cm³/mol. The fourth-order valence-corrected chi connectivity index (χ4v) is 2.47. The van der Waals surface area contributed by atoms with Crippen LogP contribution in [0.25, 0.3) is 5.69 Å². The van der Waals surface area contributed by atoms with Crippen molar-refractivity contribution < 1.29 is 27.1 Å². The van der Waals surface area contributed by atoms with Gasteiger partial charge in [0.2, 0.25) is 0 Å². The average Bonchev–Trinajstić information content (AvgIpc) is 2.95. The van der Waals surface area contributed by atoms with Gasteiger partial charge in [0.25, 0.3) is 5.91 Å². The van der Waals surface area contributed by atoms with E-state index >= 15 is 0 Å². The van der Waals surface area contributed by atoms with Gasteiger partial charge in [-0.15, -0.1) is 13.2 Å². The second kappa shape index (κ2) is 7.10. The molecular formula is C18H13F4N3O2. The number of hydrogen-bond acceptors (Lipinski definition) is 3. The lowest BCUT2D eigenvalue weighted by Crippen LogP contribution is -2.17. The number of hydrogen-bond donors (Lipinski definition) is 1. The molecule has 0 saturated carbocycles. The fraction of sp³-hybridized carbons (Fsp3) is 0.111. The molecular weight excluding hydrogens is 366 g/mol. The smallest absolute Gasteiger partial charge is 0.406 e. The molecule has 27 heavy (non-hydrogen) atoms. The maximum absolute atomic E-state index is 13.9. The van der Waals surface area contributed by atoms with Crippen LogP contribution in [-0.4, -0.2) is 22.1 Å². The zero-order valence-electron chi connectivity index (χ0n) is 13.9. The summed E-state index contributed by atoms with van der Waals surface area (Å²) in [7, 11) is 0. The first-order chi connectivity index (χ1) is 12.7. The molecule has 0 radical (unpaired) electrons. The maximum Gasteiger partial charge on any atom is 0.573 e. The number of alkyl halides is 3. The number of carbonyl (C=O) groups excluding carboxylic acids is 1. The van der Waals surface area contributed by atoms with Crippen LogP contribution in [0.3, 0.4) is 0 Å². The second-order valence-electron chi connectivity index (χ2n) is 5.54. The minimum atomic E-state index is -4.83. The SMILES string of the molecule is Cc1c(C(=O)Nc2cccc(OC(F)(F)F)c2)cnn1-c1ccccc1F. The molecule has 3 rings (SSSR count). The summed E-state index contributed by atoms with van der Waals surface area (Å²) < 4.78 is 55.9. The van der Waals surface area contributed by atoms with Crippen LogP contribution in [0.15, 0.2) is 54.7 Å². The van der Waals surface area contributed by atoms with E-state index in [4.69, 9.17) is 0 Å². The van der Waals surface area contributed by atoms with Gasteiger partial charge in [-0.2, -0.15) is 5.10 Å². The number of nitrogens with zero attached hydrogens (tertiary/aromatic N) is 2. The molecule has 0 atom stereocenters. The summed E-state index contributed by atoms with van der Waals surface area (Å²) in [5, 5.41) is 6.49. The van der Waals surface area contributed by atoms with E-state index in [2.05, 4.69) is 15.2 Å². The molecule has 0 aliphatic heterocycles. The van der Waals surface area contributed by atoms with Gasteiger partial charge in [-0.3, -0.25) is 4.79 Å². The van der Waals surface area contributed by atoms with Crippen LogP contribution in [0.4, 0.5) is 23.2 Å². The largest absolute Gasteiger partial charge is 0.573 e. The summed E-state index contributed by atoms with van der Waals surface area (Å²) in [6.45, 7) is 1.58. The molecule has 140 valence electrons. The number of halogens is 4. The molecule has 5 nitrogen and oxygen atoms in total. The number of anilines is 1. The Labute approximate surface area is 151 Å². The Hall–Kier alpha value is -3.36. The van der Waals surface area contributed by atoms with Crippen molar-refractivity contribution in [1.29, 1.82) is 0 Å². The van der Waals surface area contributed by atoms with Gasteiger partial charge in [0.15, 0.2) is 0 Å². The first-order valence-electron chi connectivity index (χ1n) is 7.71. The number of benzene rings is 2. The van der Waals surface area contributed by atoms with E-state index in [1.54, 1.807) is 13.0 Å². The summed E-state index contributed by atoms with van der Waals surface area (Å²) >= 11 is 0. The van der Waals surface area contributed by atoms with Crippen LogP contribution in [0.5, 0.6) is 5.75 Å². The van der Waals surface area contributed by atoms with E-state index in [1.807, 2.05) is 0 Å². The number of nitrogens with one attached hydrogen (secondary N) is 1. The van der Waals surface area contributed by atoms with Gasteiger partial charge < -0.3 is 10.1 Å². The molecule has 0 saturated heterocycles. The molecule has 1 N–H and O–H groups in total. The third kappa shape index (κ3) is 4.25. The zero-order chi connectivity index (χ0) is 19.6. The first-order valence-corrected chi connectivity index (χ1v) is 7.71. The van der Waals surface area contributed by atoms with Crippen molar-refractivity contribution >= 4 is 11.6 Å². The van der Waals surface area contributed by atoms with Crippen LogP contribution < -0.4 is 10.1 Å². The van der Waals surface area contributed by atoms with E-state index < -0.39 is 23.8 Å². The average molecular weight is 379 g/mol. The van der Waals surface area contributed by atoms with Crippen molar-refractivity contribution in [2.24, 2.45) is 0 Å². The molecule has 0 aliphatic rings. The van der Waals surface area contributed by atoms with Gasteiger partial charge in [0, 0.05) is 11.8 Å². The fourth-order valence-electron chi connectivity index (χ4n) is 2.47. The van der Waals surface area contributed by atoms with Crippen LogP contribution in [0, 0.1) is 12.7 Å². The van der Waals surface area contributed by atoms with E-state index in [0.29, 0.717) is 5.69 Å². The Kier molecular flexibility index (Phi) is 4.85. The summed E-state index contributed by atoms with van der Waals surface area (Å²) in [6, 6.07) is 10.8. The molecule has 2 aromatic carbocycles. The van der Waals surface area contributed by atoms with Crippen molar-refractivity contribution in [3.05, 3.63) is 71.8 Å². The van der Waals surface area contributed by atoms with E-state index in [9.17, 15) is 22.4 Å². The maximum atomic E-state index is 13.9. The van der Waals surface area contributed by atoms with Gasteiger partial charge in [-0.25, -0.2) is 9.07 Å². The first kappa shape index (κ1) is 18.4. The second-order valence-corrected chi connectivity index (χ2v) is 5.54. The van der Waals surface area contributed by atoms with Crippen LogP contribution in [0.2, 0.25) is 0 Å². The van der Waals surface area contributed by atoms with Crippen molar-refractivity contribution in [3.63, 3.8) is 0 Å². The highest BCUT2D eigenvalue weighted by Crippen LogP contribution is 2.25. The number of para-hydroxylation sites is 1. The molecule has 0 fully saturated rings. The quantitative estimate of drug-likeness (QED) is 0.681. The number of amides is 1. The van der Waals surface area contributed by atoms with Gasteiger partial charge in [0.05, 0.1) is 17.5 Å². The van der Waals surface area contributed by atoms with Crippen molar-refractivity contribution in [1.82, 2.24) is 9.78 Å². The predicted octanol–water partition coefficient (Wildman–Crippen LogP) is 4.47. The number of rotatable bonds is 4. The van der Waals surface area contributed by atoms with E-state index in [-0.39, 0.29) is 16.9 Å². The molecule has 0 bridgehead atoms. The van der Waals surface area contributed by atoms with Crippen LogP contribution >= 0.6 is 0 Å². The summed E-state index contributed by atoms with van der Waals surface area (Å²) in [5.74, 6) is -1.56. The molecule has 3 aromatic rings. The normalized spacial score (nSPS) is 11.3. The highest BCUT2D eigenvalue weighted by atomic mass is 19.4. The monoisotopic (exact) mass is 379 g/mol. The third-order valence-electron chi connectivity index (χ3n) is 3.66. The standard InChI is InChI=1S/C18H13F4N3O2/c1-11-14(10-23-25(11)16-8-3-2-7-15(16)19)17(26)24-12-5-4-6-13(9-12)27-18(20,21)22/h2-10H,1H3,(H,24,26). The highest BCUT2D eigenvalue weighted by Gasteiger charge is 2.31. The van der Waals surface area contributed by atoms with E-state index in [0.717, 1.165) is 12.1 Å². The Morgan fingerprint density at radius 2 is 1.89 bits per heavy atom. The summed E-state index contributed by atoms with van der Waals surface area (Å²) in [5.41, 5.74) is 0.815. The molecule has 9 heteroatoms. The number of carbonyl (C=O) groups is 1. The van der Waals surface area contributed by atoms with Crippen LogP contribution in [0.1, 0.15) is 16.1 Å². The van der Waals surface area contributed by atoms with Crippen molar-refractivity contribution in [2.75, 3.05) is 5.32 Å². The molecule has 0 spiro atoms. The summed E-state index contributed by atoms with van der Waals surface area (Å²) in [4.78, 5) is 12.4. The van der Waals surface area contributed by atoms with E-state index in [1.165, 1.54) is 41.2 Å². The van der Waals surface area contributed by atoms with Gasteiger partial charge in [-0.05, 0) is 31.2 Å². The van der Waals surface area contributed by atoms with Crippen molar-refractivity contribution in [3.8, 4) is 11.4 Å². The van der Waals surface area contributed by atoms with Gasteiger partial charge >= 0.3 is 6.36 Å². The molecule has 0 unspecified atom stereocenters. The minimum absolute atomic E-state index is 0.111. The molecule has 0 aliphatic carbocycles. The Morgan fingerprint density at radius 1 is 1.15 bits per heavy atom. The lowest BCUT2D eigenvalue weighted by molar-refractivity contribution is -0.274. The lowest BCUT2D eigenvalue weighted by Gasteiger charge is -2.11. The van der Waals surface area contributed by atoms with Crippen molar-refractivity contribution in [2.45, 2.75) is 13.3 Å². The Bertz CT molecular complexity index is 983.